The normalized spacial score (nSPS) is 13.8. The van der Waals surface area contributed by atoms with Gasteiger partial charge in [0, 0.05) is 25.3 Å². The van der Waals surface area contributed by atoms with Crippen LogP contribution < -0.4 is 0 Å². The number of furan rings is 1. The Morgan fingerprint density at radius 1 is 0.618 bits per heavy atom. The SMILES string of the molecule is Brc1ccc2c(c1)C(c1ccccc1)(c1ccccc1)c1c(Br)cc3c(oc4ccccc43)c1-2. The molecule has 0 saturated carbocycles. The zero-order valence-electron chi connectivity index (χ0n) is 18.1. The molecule has 0 aliphatic heterocycles. The average molecular weight is 566 g/mol. The summed E-state index contributed by atoms with van der Waals surface area (Å²) >= 11 is 7.80. The zero-order valence-corrected chi connectivity index (χ0v) is 21.2. The van der Waals surface area contributed by atoms with Crippen molar-refractivity contribution in [1.29, 1.82) is 0 Å². The lowest BCUT2D eigenvalue weighted by Crippen LogP contribution is -2.29. The molecule has 7 rings (SSSR count). The summed E-state index contributed by atoms with van der Waals surface area (Å²) in [5, 5.41) is 2.27. The molecule has 1 heterocycles. The number of rotatable bonds is 2. The molecule has 1 nitrogen and oxygen atoms in total. The topological polar surface area (TPSA) is 13.1 Å². The fourth-order valence-corrected chi connectivity index (χ4v) is 6.86. The maximum atomic E-state index is 6.57. The second-order valence-electron chi connectivity index (χ2n) is 8.76. The van der Waals surface area contributed by atoms with Gasteiger partial charge in [-0.15, -0.1) is 0 Å². The van der Waals surface area contributed by atoms with Crippen LogP contribution in [0.4, 0.5) is 0 Å². The summed E-state index contributed by atoms with van der Waals surface area (Å²) in [6.07, 6.45) is 0. The van der Waals surface area contributed by atoms with Crippen LogP contribution in [0.25, 0.3) is 33.1 Å². The van der Waals surface area contributed by atoms with Crippen molar-refractivity contribution in [1.82, 2.24) is 0 Å². The quantitative estimate of drug-likeness (QED) is 0.203. The number of para-hydroxylation sites is 1. The maximum Gasteiger partial charge on any atom is 0.143 e. The van der Waals surface area contributed by atoms with Gasteiger partial charge in [0.05, 0.1) is 5.41 Å². The summed E-state index contributed by atoms with van der Waals surface area (Å²) in [4.78, 5) is 0. The zero-order chi connectivity index (χ0) is 22.9. The van der Waals surface area contributed by atoms with E-state index in [9.17, 15) is 0 Å². The van der Waals surface area contributed by atoms with Crippen molar-refractivity contribution in [2.24, 2.45) is 0 Å². The molecule has 0 radical (unpaired) electrons. The van der Waals surface area contributed by atoms with Crippen LogP contribution in [0.3, 0.4) is 0 Å². The lowest BCUT2D eigenvalue weighted by molar-refractivity contribution is 0.668. The first kappa shape index (κ1) is 20.3. The van der Waals surface area contributed by atoms with Gasteiger partial charge in [0.2, 0.25) is 0 Å². The van der Waals surface area contributed by atoms with E-state index in [1.54, 1.807) is 0 Å². The molecule has 6 aromatic rings. The predicted molar refractivity (Wildman–Crippen MR) is 146 cm³/mol. The van der Waals surface area contributed by atoms with Gasteiger partial charge < -0.3 is 4.42 Å². The highest BCUT2D eigenvalue weighted by Crippen LogP contribution is 2.60. The van der Waals surface area contributed by atoms with E-state index in [4.69, 9.17) is 4.42 Å². The standard InChI is InChI=1S/C31H18Br2O/c32-21-15-16-23-25(17-21)31(19-9-3-1-4-10-19,20-11-5-2-6-12-20)29-26(33)18-24-22-13-7-8-14-27(22)34-30(24)28(23)29/h1-18H. The van der Waals surface area contributed by atoms with E-state index in [0.29, 0.717) is 0 Å². The summed E-state index contributed by atoms with van der Waals surface area (Å²) in [7, 11) is 0. The van der Waals surface area contributed by atoms with Gasteiger partial charge in [0.1, 0.15) is 11.2 Å². The summed E-state index contributed by atoms with van der Waals surface area (Å²) < 4.78 is 8.72. The molecular weight excluding hydrogens is 548 g/mol. The Morgan fingerprint density at radius 2 is 1.26 bits per heavy atom. The number of halogens is 2. The molecule has 1 aliphatic carbocycles. The van der Waals surface area contributed by atoms with E-state index in [1.807, 2.05) is 6.07 Å². The average Bonchev–Trinajstić information content (AvgIpc) is 3.39. The number of hydrogen-bond donors (Lipinski definition) is 0. The van der Waals surface area contributed by atoms with Crippen LogP contribution in [0.1, 0.15) is 22.3 Å². The van der Waals surface area contributed by atoms with Crippen molar-refractivity contribution in [3.63, 3.8) is 0 Å². The third-order valence-electron chi connectivity index (χ3n) is 7.06. The van der Waals surface area contributed by atoms with Crippen LogP contribution in [-0.4, -0.2) is 0 Å². The molecule has 1 aliphatic rings. The Labute approximate surface area is 214 Å². The monoisotopic (exact) mass is 564 g/mol. The highest BCUT2D eigenvalue weighted by Gasteiger charge is 2.48. The smallest absolute Gasteiger partial charge is 0.143 e. The highest BCUT2D eigenvalue weighted by atomic mass is 79.9. The van der Waals surface area contributed by atoms with Crippen molar-refractivity contribution in [2.45, 2.75) is 5.41 Å². The third-order valence-corrected chi connectivity index (χ3v) is 8.18. The second-order valence-corrected chi connectivity index (χ2v) is 10.5. The number of hydrogen-bond acceptors (Lipinski definition) is 1. The molecule has 5 aromatic carbocycles. The molecule has 0 fully saturated rings. The van der Waals surface area contributed by atoms with E-state index in [-0.39, 0.29) is 0 Å². The van der Waals surface area contributed by atoms with E-state index < -0.39 is 5.41 Å². The van der Waals surface area contributed by atoms with Crippen LogP contribution in [0.5, 0.6) is 0 Å². The minimum atomic E-state index is -0.483. The summed E-state index contributed by atoms with van der Waals surface area (Å²) in [5.41, 5.74) is 8.68. The molecule has 162 valence electrons. The number of fused-ring (bicyclic) bond motifs is 7. The van der Waals surface area contributed by atoms with Gasteiger partial charge in [-0.2, -0.15) is 0 Å². The lowest BCUT2D eigenvalue weighted by Gasteiger charge is -2.34. The van der Waals surface area contributed by atoms with Gasteiger partial charge in [0.25, 0.3) is 0 Å². The highest BCUT2D eigenvalue weighted by molar-refractivity contribution is 9.10. The first-order chi connectivity index (χ1) is 16.7. The van der Waals surface area contributed by atoms with Crippen LogP contribution in [0.15, 0.2) is 123 Å². The number of benzene rings is 5. The van der Waals surface area contributed by atoms with Gasteiger partial charge in [-0.25, -0.2) is 0 Å². The second kappa shape index (κ2) is 7.43. The molecule has 1 aromatic heterocycles. The van der Waals surface area contributed by atoms with E-state index in [2.05, 4.69) is 135 Å². The molecule has 34 heavy (non-hydrogen) atoms. The summed E-state index contributed by atoms with van der Waals surface area (Å²) in [6, 6.07) is 38.8. The molecule has 0 unspecified atom stereocenters. The molecule has 0 spiro atoms. The van der Waals surface area contributed by atoms with Crippen molar-refractivity contribution in [3.05, 3.63) is 140 Å². The van der Waals surface area contributed by atoms with Crippen molar-refractivity contribution < 1.29 is 4.42 Å². The van der Waals surface area contributed by atoms with Gasteiger partial charge in [-0.3, -0.25) is 0 Å². The van der Waals surface area contributed by atoms with E-state index in [0.717, 1.165) is 36.4 Å². The fraction of sp³-hybridized carbons (Fsp3) is 0.0323. The largest absolute Gasteiger partial charge is 0.455 e. The van der Waals surface area contributed by atoms with E-state index >= 15 is 0 Å². The van der Waals surface area contributed by atoms with Crippen LogP contribution in [0.2, 0.25) is 0 Å². The molecule has 0 atom stereocenters. The fourth-order valence-electron chi connectivity index (χ4n) is 5.77. The van der Waals surface area contributed by atoms with E-state index in [1.165, 1.54) is 27.8 Å². The van der Waals surface area contributed by atoms with Gasteiger partial charge >= 0.3 is 0 Å². The lowest BCUT2D eigenvalue weighted by atomic mass is 9.67. The van der Waals surface area contributed by atoms with Crippen LogP contribution in [-0.2, 0) is 5.41 Å². The first-order valence-corrected chi connectivity index (χ1v) is 12.8. The summed E-state index contributed by atoms with van der Waals surface area (Å²) in [6.45, 7) is 0. The minimum Gasteiger partial charge on any atom is -0.455 e. The van der Waals surface area contributed by atoms with Crippen LogP contribution >= 0.6 is 31.9 Å². The van der Waals surface area contributed by atoms with Crippen molar-refractivity contribution >= 4 is 53.8 Å². The Bertz CT molecular complexity index is 1680. The molecule has 0 bridgehead atoms. The molecule has 0 N–H and O–H groups in total. The Morgan fingerprint density at radius 3 is 1.97 bits per heavy atom. The third kappa shape index (κ3) is 2.60. The first-order valence-electron chi connectivity index (χ1n) is 11.3. The Hall–Kier alpha value is -3.14. The van der Waals surface area contributed by atoms with Gasteiger partial charge in [-0.05, 0) is 52.1 Å². The summed E-state index contributed by atoms with van der Waals surface area (Å²) in [5.74, 6) is 0. The Balaban J connectivity index is 1.75. The molecule has 0 amide bonds. The van der Waals surface area contributed by atoms with Crippen LogP contribution in [0, 0.1) is 0 Å². The van der Waals surface area contributed by atoms with Gasteiger partial charge in [0.15, 0.2) is 0 Å². The minimum absolute atomic E-state index is 0.483. The Kier molecular flexibility index (Phi) is 4.42. The molecule has 3 heteroatoms. The van der Waals surface area contributed by atoms with Crippen molar-refractivity contribution in [2.75, 3.05) is 0 Å². The maximum absolute atomic E-state index is 6.57. The molecular formula is C31H18Br2O. The van der Waals surface area contributed by atoms with Crippen molar-refractivity contribution in [3.8, 4) is 11.1 Å². The predicted octanol–water partition coefficient (Wildman–Crippen LogP) is 9.47. The molecule has 0 saturated heterocycles. The van der Waals surface area contributed by atoms with Gasteiger partial charge in [-0.1, -0.05) is 117 Å².